The van der Waals surface area contributed by atoms with Crippen LogP contribution < -0.4 is 14.9 Å². The Balaban J connectivity index is 1.43. The second-order valence-corrected chi connectivity index (χ2v) is 10.3. The molecule has 6 nitrogen and oxygen atoms in total. The maximum absolute atomic E-state index is 13.5. The number of ether oxygens (including phenoxy) is 2. The molecule has 0 fully saturated rings. The van der Waals surface area contributed by atoms with Gasteiger partial charge in [-0.3, -0.25) is 9.59 Å². The largest absolute Gasteiger partial charge is 0.507 e. The quantitative estimate of drug-likeness (QED) is 0.123. The molecule has 0 spiro atoms. The van der Waals surface area contributed by atoms with E-state index in [0.717, 1.165) is 24.2 Å². The summed E-state index contributed by atoms with van der Waals surface area (Å²) in [6.45, 7) is 2.87. The van der Waals surface area contributed by atoms with Gasteiger partial charge >= 0.3 is 5.97 Å². The first-order valence-electron chi connectivity index (χ1n) is 13.5. The van der Waals surface area contributed by atoms with Gasteiger partial charge in [-0.1, -0.05) is 74.9 Å². The number of hydrogen-bond acceptors (Lipinski definition) is 6. The topological polar surface area (TPSA) is 86.0 Å². The summed E-state index contributed by atoms with van der Waals surface area (Å²) >= 11 is 6.00. The number of hydrogen-bond donors (Lipinski definition) is 1. The first kappa shape index (κ1) is 26.8. The van der Waals surface area contributed by atoms with Crippen molar-refractivity contribution in [2.45, 2.75) is 57.8 Å². The molecule has 1 N–H and O–H groups in total. The lowest BCUT2D eigenvalue weighted by Gasteiger charge is -2.26. The molecule has 2 heterocycles. The van der Waals surface area contributed by atoms with Crippen LogP contribution in [-0.2, 0) is 4.79 Å². The Morgan fingerprint density at radius 2 is 1.69 bits per heavy atom. The highest BCUT2D eigenvalue weighted by molar-refractivity contribution is 6.30. The van der Waals surface area contributed by atoms with Crippen molar-refractivity contribution in [2.24, 2.45) is 0 Å². The minimum atomic E-state index is -0.421. The van der Waals surface area contributed by atoms with Crippen LogP contribution in [0.3, 0.4) is 0 Å². The lowest BCUT2D eigenvalue weighted by Crippen LogP contribution is -2.22. The van der Waals surface area contributed by atoms with E-state index in [1.54, 1.807) is 24.3 Å². The second kappa shape index (κ2) is 12.0. The first-order valence-corrected chi connectivity index (χ1v) is 13.8. The lowest BCUT2D eigenvalue weighted by atomic mass is 9.85. The average Bonchev–Trinajstić information content (AvgIpc) is 2.93. The molecule has 1 aromatic heterocycles. The van der Waals surface area contributed by atoms with Crippen LogP contribution in [-0.4, -0.2) is 17.7 Å². The smallest absolute Gasteiger partial charge is 0.312 e. The number of phenols is 1. The van der Waals surface area contributed by atoms with Crippen LogP contribution in [0.2, 0.25) is 5.02 Å². The summed E-state index contributed by atoms with van der Waals surface area (Å²) in [5.41, 5.74) is 2.15. The van der Waals surface area contributed by atoms with Crippen LogP contribution in [0.15, 0.2) is 70.1 Å². The number of phenolic OH excluding ortho intramolecular Hbond substituents is 1. The van der Waals surface area contributed by atoms with E-state index in [1.807, 2.05) is 24.3 Å². The van der Waals surface area contributed by atoms with Gasteiger partial charge in [0.05, 0.1) is 18.6 Å². The summed E-state index contributed by atoms with van der Waals surface area (Å²) in [5.74, 6) is -0.191. The molecular formula is C32H31ClO6. The maximum Gasteiger partial charge on any atom is 0.312 e. The molecule has 1 atom stereocenters. The fraction of sp³-hybridized carbons (Fsp3) is 0.312. The molecule has 7 heteroatoms. The minimum absolute atomic E-state index is 0.0445. The van der Waals surface area contributed by atoms with Crippen molar-refractivity contribution in [1.82, 2.24) is 0 Å². The molecule has 0 radical (unpaired) electrons. The van der Waals surface area contributed by atoms with E-state index in [-0.39, 0.29) is 34.3 Å². The molecule has 4 aromatic rings. The highest BCUT2D eigenvalue weighted by Gasteiger charge is 2.33. The van der Waals surface area contributed by atoms with Gasteiger partial charge in [0, 0.05) is 22.6 Å². The molecule has 5 rings (SSSR count). The van der Waals surface area contributed by atoms with Crippen molar-refractivity contribution >= 4 is 28.5 Å². The van der Waals surface area contributed by atoms with Crippen LogP contribution >= 0.6 is 11.6 Å². The number of aromatic hydroxyl groups is 1. The number of unbranched alkanes of at least 4 members (excludes halogenated alkanes) is 5. The fourth-order valence-corrected chi connectivity index (χ4v) is 5.24. The number of benzene rings is 3. The van der Waals surface area contributed by atoms with Crippen molar-refractivity contribution in [3.63, 3.8) is 0 Å². The highest BCUT2D eigenvalue weighted by Crippen LogP contribution is 2.45. The van der Waals surface area contributed by atoms with E-state index >= 15 is 0 Å². The average molecular weight is 547 g/mol. The van der Waals surface area contributed by atoms with Crippen molar-refractivity contribution in [2.75, 3.05) is 6.61 Å². The van der Waals surface area contributed by atoms with Crippen molar-refractivity contribution in [3.8, 4) is 28.4 Å². The van der Waals surface area contributed by atoms with Gasteiger partial charge in [0.2, 0.25) is 5.43 Å². The van der Waals surface area contributed by atoms with Gasteiger partial charge in [0.1, 0.15) is 34.5 Å². The van der Waals surface area contributed by atoms with Crippen LogP contribution in [0.4, 0.5) is 0 Å². The van der Waals surface area contributed by atoms with Crippen LogP contribution in [0.1, 0.15) is 68.9 Å². The normalized spacial score (nSPS) is 14.7. The fourth-order valence-electron chi connectivity index (χ4n) is 5.11. The molecule has 0 bridgehead atoms. The monoisotopic (exact) mass is 546 g/mol. The third kappa shape index (κ3) is 5.81. The molecule has 0 unspecified atom stereocenters. The van der Waals surface area contributed by atoms with E-state index in [9.17, 15) is 14.7 Å². The predicted molar refractivity (Wildman–Crippen MR) is 152 cm³/mol. The van der Waals surface area contributed by atoms with E-state index in [0.29, 0.717) is 28.3 Å². The predicted octanol–water partition coefficient (Wildman–Crippen LogP) is 8.00. The minimum Gasteiger partial charge on any atom is -0.507 e. The standard InChI is InChI=1S/C32H31ClO6/c1-2-3-4-5-6-7-16-37-23-14-10-20(11-15-23)24-17-28(35)39-27-18-26(34)30-31(36)25(19-38-32(30)29(24)27)21-8-12-22(33)13-9-21/h8-15,18-19,24,34H,2-7,16-17H2,1H3/t24-/m1/s1. The Morgan fingerprint density at radius 1 is 0.974 bits per heavy atom. The summed E-state index contributed by atoms with van der Waals surface area (Å²) in [4.78, 5) is 26.0. The Labute approximate surface area is 232 Å². The molecule has 202 valence electrons. The van der Waals surface area contributed by atoms with Gasteiger partial charge in [0.25, 0.3) is 0 Å². The molecule has 0 amide bonds. The number of fused-ring (bicyclic) bond motifs is 3. The zero-order valence-electron chi connectivity index (χ0n) is 21.9. The van der Waals surface area contributed by atoms with Gasteiger partial charge in [-0.2, -0.15) is 0 Å². The van der Waals surface area contributed by atoms with Gasteiger partial charge in [-0.15, -0.1) is 0 Å². The first-order chi connectivity index (χ1) is 19.0. The number of rotatable bonds is 10. The summed E-state index contributed by atoms with van der Waals surface area (Å²) < 4.78 is 17.4. The van der Waals surface area contributed by atoms with Crippen molar-refractivity contribution in [3.05, 3.63) is 87.2 Å². The second-order valence-electron chi connectivity index (χ2n) is 9.91. The SMILES string of the molecule is CCCCCCCCOc1ccc([C@H]2CC(=O)Oc3cc(O)c4c(=O)c(-c5ccc(Cl)cc5)coc4c32)cc1. The van der Waals surface area contributed by atoms with E-state index < -0.39 is 11.9 Å². The molecule has 1 aliphatic heterocycles. The zero-order chi connectivity index (χ0) is 27.4. The summed E-state index contributed by atoms with van der Waals surface area (Å²) in [7, 11) is 0. The Kier molecular flexibility index (Phi) is 8.22. The molecule has 39 heavy (non-hydrogen) atoms. The third-order valence-corrected chi connectivity index (χ3v) is 7.43. The number of carbonyl (C=O) groups excluding carboxylic acids is 1. The van der Waals surface area contributed by atoms with E-state index in [2.05, 4.69) is 6.92 Å². The van der Waals surface area contributed by atoms with E-state index in [4.69, 9.17) is 25.5 Å². The Hall–Kier alpha value is -3.77. The van der Waals surface area contributed by atoms with Crippen LogP contribution in [0.5, 0.6) is 17.2 Å². The maximum atomic E-state index is 13.5. The molecule has 3 aromatic carbocycles. The summed E-state index contributed by atoms with van der Waals surface area (Å²) in [5, 5.41) is 11.4. The summed E-state index contributed by atoms with van der Waals surface area (Å²) in [6.07, 6.45) is 8.64. The Morgan fingerprint density at radius 3 is 2.44 bits per heavy atom. The molecule has 0 saturated carbocycles. The molecular weight excluding hydrogens is 516 g/mol. The molecule has 0 aliphatic carbocycles. The summed E-state index contributed by atoms with van der Waals surface area (Å²) in [6, 6.07) is 15.8. The molecule has 0 saturated heterocycles. The van der Waals surface area contributed by atoms with Gasteiger partial charge in [0.15, 0.2) is 0 Å². The van der Waals surface area contributed by atoms with Gasteiger partial charge in [-0.25, -0.2) is 0 Å². The van der Waals surface area contributed by atoms with E-state index in [1.165, 1.54) is 38.0 Å². The van der Waals surface area contributed by atoms with Crippen molar-refractivity contribution in [1.29, 1.82) is 0 Å². The van der Waals surface area contributed by atoms with Crippen LogP contribution in [0, 0.1) is 0 Å². The highest BCUT2D eigenvalue weighted by atomic mass is 35.5. The van der Waals surface area contributed by atoms with Gasteiger partial charge < -0.3 is 19.0 Å². The zero-order valence-corrected chi connectivity index (χ0v) is 22.6. The molecule has 1 aliphatic rings. The Bertz CT molecular complexity index is 1520. The number of carbonyl (C=O) groups is 1. The van der Waals surface area contributed by atoms with Gasteiger partial charge in [-0.05, 0) is 41.8 Å². The number of esters is 1. The van der Waals surface area contributed by atoms with Crippen molar-refractivity contribution < 1.29 is 23.8 Å². The van der Waals surface area contributed by atoms with Crippen LogP contribution in [0.25, 0.3) is 22.1 Å². The number of halogens is 1. The third-order valence-electron chi connectivity index (χ3n) is 7.17. The lowest BCUT2D eigenvalue weighted by molar-refractivity contribution is -0.135.